The number of aromatic nitrogens is 1. The highest BCUT2D eigenvalue weighted by molar-refractivity contribution is 6.32. The maximum atomic E-state index is 12.1. The molecule has 1 heterocycles. The lowest BCUT2D eigenvalue weighted by molar-refractivity contribution is -0.385. The van der Waals surface area contributed by atoms with E-state index in [0.717, 1.165) is 5.56 Å². The van der Waals surface area contributed by atoms with Gasteiger partial charge >= 0.3 is 0 Å². The van der Waals surface area contributed by atoms with E-state index < -0.39 is 10.8 Å². The molecule has 0 atom stereocenters. The Morgan fingerprint density at radius 2 is 2.05 bits per heavy atom. The van der Waals surface area contributed by atoms with E-state index in [2.05, 4.69) is 10.3 Å². The quantitative estimate of drug-likeness (QED) is 0.534. The summed E-state index contributed by atoms with van der Waals surface area (Å²) < 4.78 is 0. The molecule has 6 nitrogen and oxygen atoms in total. The highest BCUT2D eigenvalue weighted by Gasteiger charge is 2.16. The first-order chi connectivity index (χ1) is 9.88. The van der Waals surface area contributed by atoms with Gasteiger partial charge in [-0.2, -0.15) is 0 Å². The number of carbonyl (C=O) groups excluding carboxylic acids is 1. The third-order valence-corrected chi connectivity index (χ3v) is 3.19. The molecule has 0 radical (unpaired) electrons. The first-order valence-electron chi connectivity index (χ1n) is 6.07. The smallest absolute Gasteiger partial charge is 0.273 e. The zero-order chi connectivity index (χ0) is 15.6. The molecule has 0 spiro atoms. The monoisotopic (exact) mass is 305 g/mol. The fourth-order valence-corrected chi connectivity index (χ4v) is 1.93. The summed E-state index contributed by atoms with van der Waals surface area (Å²) in [7, 11) is 0. The van der Waals surface area contributed by atoms with Crippen molar-refractivity contribution in [2.75, 3.05) is 5.32 Å². The van der Waals surface area contributed by atoms with Gasteiger partial charge in [0.15, 0.2) is 5.15 Å². The second-order valence-corrected chi connectivity index (χ2v) is 4.92. The van der Waals surface area contributed by atoms with Crippen LogP contribution < -0.4 is 5.32 Å². The van der Waals surface area contributed by atoms with E-state index >= 15 is 0 Å². The number of pyridine rings is 1. The van der Waals surface area contributed by atoms with Gasteiger partial charge in [0.25, 0.3) is 11.6 Å². The molecule has 0 fully saturated rings. The second kappa shape index (κ2) is 5.88. The number of anilines is 1. The van der Waals surface area contributed by atoms with Gasteiger partial charge in [-0.1, -0.05) is 17.7 Å². The molecular formula is C14H12ClN3O3. The average molecular weight is 306 g/mol. The Balaban J connectivity index is 2.30. The van der Waals surface area contributed by atoms with Crippen LogP contribution in [0.5, 0.6) is 0 Å². The minimum Gasteiger partial charge on any atom is -0.319 e. The zero-order valence-electron chi connectivity index (χ0n) is 11.4. The second-order valence-electron chi connectivity index (χ2n) is 4.56. The van der Waals surface area contributed by atoms with Crippen LogP contribution in [0.2, 0.25) is 5.15 Å². The number of benzene rings is 1. The van der Waals surface area contributed by atoms with E-state index in [-0.39, 0.29) is 16.4 Å². The van der Waals surface area contributed by atoms with Gasteiger partial charge in [0, 0.05) is 23.4 Å². The Bertz CT molecular complexity index is 731. The van der Waals surface area contributed by atoms with E-state index in [0.29, 0.717) is 11.3 Å². The molecule has 0 aliphatic rings. The van der Waals surface area contributed by atoms with Gasteiger partial charge in [-0.15, -0.1) is 0 Å². The highest BCUT2D eigenvalue weighted by atomic mass is 35.5. The third kappa shape index (κ3) is 3.35. The molecule has 21 heavy (non-hydrogen) atoms. The van der Waals surface area contributed by atoms with Crippen LogP contribution in [0.1, 0.15) is 21.5 Å². The predicted octanol–water partition coefficient (Wildman–Crippen LogP) is 3.51. The number of carbonyl (C=O) groups is 1. The molecule has 2 aromatic rings. The van der Waals surface area contributed by atoms with E-state index in [1.165, 1.54) is 18.2 Å². The van der Waals surface area contributed by atoms with Gasteiger partial charge < -0.3 is 5.32 Å². The van der Waals surface area contributed by atoms with Crippen LogP contribution in [-0.4, -0.2) is 15.8 Å². The summed E-state index contributed by atoms with van der Waals surface area (Å²) in [6.07, 6.45) is 1.58. The summed E-state index contributed by atoms with van der Waals surface area (Å²) in [6.45, 7) is 3.43. The van der Waals surface area contributed by atoms with Crippen LogP contribution in [0.4, 0.5) is 11.4 Å². The Labute approximate surface area is 125 Å². The fourth-order valence-electron chi connectivity index (χ4n) is 1.78. The lowest BCUT2D eigenvalue weighted by Crippen LogP contribution is -2.13. The number of hydrogen-bond donors (Lipinski definition) is 1. The van der Waals surface area contributed by atoms with Gasteiger partial charge in [-0.05, 0) is 31.5 Å². The van der Waals surface area contributed by atoms with E-state index in [9.17, 15) is 14.9 Å². The molecule has 0 bridgehead atoms. The van der Waals surface area contributed by atoms with Crippen molar-refractivity contribution in [3.63, 3.8) is 0 Å². The SMILES string of the molecule is Cc1cnc(Cl)c(NC(=O)c2ccc(C)c([N+](=O)[O-])c2)c1. The number of nitro benzene ring substituents is 1. The van der Waals surface area contributed by atoms with Crippen molar-refractivity contribution >= 4 is 28.9 Å². The Morgan fingerprint density at radius 3 is 2.71 bits per heavy atom. The molecule has 0 saturated carbocycles. The maximum absolute atomic E-state index is 12.1. The van der Waals surface area contributed by atoms with Crippen LogP contribution >= 0.6 is 11.6 Å². The molecule has 108 valence electrons. The zero-order valence-corrected chi connectivity index (χ0v) is 12.1. The molecule has 0 saturated heterocycles. The molecule has 1 N–H and O–H groups in total. The molecule has 0 aliphatic heterocycles. The van der Waals surface area contributed by atoms with Crippen molar-refractivity contribution < 1.29 is 9.72 Å². The third-order valence-electron chi connectivity index (χ3n) is 2.89. The highest BCUT2D eigenvalue weighted by Crippen LogP contribution is 2.23. The van der Waals surface area contributed by atoms with Crippen LogP contribution in [0.15, 0.2) is 30.5 Å². The summed E-state index contributed by atoms with van der Waals surface area (Å²) in [4.78, 5) is 26.4. The Kier molecular flexibility index (Phi) is 4.18. The molecule has 1 aromatic heterocycles. The summed E-state index contributed by atoms with van der Waals surface area (Å²) >= 11 is 5.90. The van der Waals surface area contributed by atoms with Crippen LogP contribution in [0, 0.1) is 24.0 Å². The topological polar surface area (TPSA) is 85.1 Å². The van der Waals surface area contributed by atoms with Crippen LogP contribution in [0.25, 0.3) is 0 Å². The normalized spacial score (nSPS) is 10.2. The Hall–Kier alpha value is -2.47. The number of nitrogens with zero attached hydrogens (tertiary/aromatic N) is 2. The van der Waals surface area contributed by atoms with Gasteiger partial charge in [0.1, 0.15) is 0 Å². The minimum absolute atomic E-state index is 0.101. The number of aryl methyl sites for hydroxylation is 2. The van der Waals surface area contributed by atoms with Crippen molar-refractivity contribution in [3.05, 3.63) is 62.4 Å². The largest absolute Gasteiger partial charge is 0.319 e. The molecule has 1 amide bonds. The van der Waals surface area contributed by atoms with Crippen molar-refractivity contribution in [3.8, 4) is 0 Å². The predicted molar refractivity (Wildman–Crippen MR) is 79.8 cm³/mol. The van der Waals surface area contributed by atoms with Gasteiger partial charge in [0.05, 0.1) is 10.6 Å². The first kappa shape index (κ1) is 14.9. The lowest BCUT2D eigenvalue weighted by Gasteiger charge is -2.08. The summed E-state index contributed by atoms with van der Waals surface area (Å²) in [5.74, 6) is -0.479. The summed E-state index contributed by atoms with van der Waals surface area (Å²) in [5, 5.41) is 13.7. The molecule has 7 heteroatoms. The van der Waals surface area contributed by atoms with Gasteiger partial charge in [0.2, 0.25) is 0 Å². The molecule has 1 aromatic carbocycles. The minimum atomic E-state index is -0.521. The van der Waals surface area contributed by atoms with Crippen molar-refractivity contribution in [2.45, 2.75) is 13.8 Å². The average Bonchev–Trinajstić information content (AvgIpc) is 2.43. The molecule has 0 aliphatic carbocycles. The first-order valence-corrected chi connectivity index (χ1v) is 6.45. The maximum Gasteiger partial charge on any atom is 0.273 e. The number of nitro groups is 1. The number of halogens is 1. The lowest BCUT2D eigenvalue weighted by atomic mass is 10.1. The van der Waals surface area contributed by atoms with Crippen molar-refractivity contribution in [2.24, 2.45) is 0 Å². The summed E-state index contributed by atoms with van der Waals surface area (Å²) in [5.41, 5.74) is 1.78. The summed E-state index contributed by atoms with van der Waals surface area (Å²) in [6, 6.07) is 5.97. The van der Waals surface area contributed by atoms with E-state index in [1.807, 2.05) is 6.92 Å². The Morgan fingerprint density at radius 1 is 1.33 bits per heavy atom. The van der Waals surface area contributed by atoms with E-state index in [4.69, 9.17) is 11.6 Å². The number of nitrogens with one attached hydrogen (secondary N) is 1. The molecular weight excluding hydrogens is 294 g/mol. The van der Waals surface area contributed by atoms with E-state index in [1.54, 1.807) is 19.2 Å². The fraction of sp³-hybridized carbons (Fsp3) is 0.143. The van der Waals surface area contributed by atoms with Crippen LogP contribution in [0.3, 0.4) is 0 Å². The number of rotatable bonds is 3. The van der Waals surface area contributed by atoms with Gasteiger partial charge in [-0.25, -0.2) is 4.98 Å². The van der Waals surface area contributed by atoms with Crippen molar-refractivity contribution in [1.82, 2.24) is 4.98 Å². The van der Waals surface area contributed by atoms with Gasteiger partial charge in [-0.3, -0.25) is 14.9 Å². The van der Waals surface area contributed by atoms with Crippen LogP contribution in [-0.2, 0) is 0 Å². The van der Waals surface area contributed by atoms with Crippen molar-refractivity contribution in [1.29, 1.82) is 0 Å². The standard InChI is InChI=1S/C14H12ClN3O3/c1-8-5-11(13(15)16-7-8)17-14(19)10-4-3-9(2)12(6-10)18(20)21/h3-7H,1-2H3,(H,17,19). The number of amides is 1. The molecule has 0 unspecified atom stereocenters. The molecule has 2 rings (SSSR count). The number of hydrogen-bond acceptors (Lipinski definition) is 4.